The number of carbonyl (C=O) groups excluding carboxylic acids is 1. The van der Waals surface area contributed by atoms with Gasteiger partial charge in [-0.3, -0.25) is 4.79 Å². The van der Waals surface area contributed by atoms with Gasteiger partial charge >= 0.3 is 0 Å². The minimum absolute atomic E-state index is 0.170. The van der Waals surface area contributed by atoms with Crippen LogP contribution in [0.15, 0.2) is 53.0 Å². The lowest BCUT2D eigenvalue weighted by atomic mass is 10.2. The molecule has 0 aliphatic heterocycles. The lowest BCUT2D eigenvalue weighted by Crippen LogP contribution is -2.56. The molecular formula is C17H15BrCl3N3O2S. The number of carbonyl (C=O) groups is 1. The number of hydrogen-bond donors (Lipinski definition) is 3. The van der Waals surface area contributed by atoms with Crippen LogP contribution in [0, 0.1) is 0 Å². The Morgan fingerprint density at radius 3 is 2.30 bits per heavy atom. The summed E-state index contributed by atoms with van der Waals surface area (Å²) >= 11 is 26.5. The summed E-state index contributed by atoms with van der Waals surface area (Å²) in [7, 11) is 1.58. The molecule has 2 rings (SSSR count). The summed E-state index contributed by atoms with van der Waals surface area (Å²) in [5.74, 6) is 0.276. The zero-order valence-electron chi connectivity index (χ0n) is 13.9. The fraction of sp³-hybridized carbons (Fsp3) is 0.176. The van der Waals surface area contributed by atoms with Crippen molar-refractivity contribution in [1.29, 1.82) is 0 Å². The molecule has 144 valence electrons. The number of anilines is 1. The highest BCUT2D eigenvalue weighted by Gasteiger charge is 2.35. The molecule has 1 unspecified atom stereocenters. The van der Waals surface area contributed by atoms with Crippen LogP contribution in [-0.4, -0.2) is 28.1 Å². The van der Waals surface area contributed by atoms with Crippen LogP contribution in [0.1, 0.15) is 10.4 Å². The molecule has 2 aromatic rings. The Morgan fingerprint density at radius 2 is 1.74 bits per heavy atom. The number of hydrogen-bond acceptors (Lipinski definition) is 3. The van der Waals surface area contributed by atoms with Crippen molar-refractivity contribution < 1.29 is 9.53 Å². The van der Waals surface area contributed by atoms with Crippen LogP contribution in [0.25, 0.3) is 0 Å². The van der Waals surface area contributed by atoms with Gasteiger partial charge in [0.15, 0.2) is 5.11 Å². The molecule has 10 heteroatoms. The Labute approximate surface area is 185 Å². The lowest BCUT2D eigenvalue weighted by molar-refractivity contribution is 0.0934. The summed E-state index contributed by atoms with van der Waals surface area (Å²) in [6.07, 6.45) is -1.07. The largest absolute Gasteiger partial charge is 0.497 e. The molecule has 0 saturated heterocycles. The Hall–Kier alpha value is -1.25. The SMILES string of the molecule is COc1ccc(NC(=S)NC(NC(=O)c2ccccc2Br)C(Cl)(Cl)Cl)cc1. The number of rotatable bonds is 5. The molecule has 2 aromatic carbocycles. The maximum atomic E-state index is 12.5. The van der Waals surface area contributed by atoms with E-state index in [9.17, 15) is 4.79 Å². The zero-order valence-corrected chi connectivity index (χ0v) is 18.6. The topological polar surface area (TPSA) is 62.4 Å². The molecule has 0 fully saturated rings. The van der Waals surface area contributed by atoms with E-state index < -0.39 is 15.9 Å². The predicted octanol–water partition coefficient (Wildman–Crippen LogP) is 4.87. The average Bonchev–Trinajstić information content (AvgIpc) is 2.61. The van der Waals surface area contributed by atoms with Crippen molar-refractivity contribution in [3.05, 3.63) is 58.6 Å². The third-order valence-electron chi connectivity index (χ3n) is 3.34. The number of benzene rings is 2. The zero-order chi connectivity index (χ0) is 20.0. The number of halogens is 4. The van der Waals surface area contributed by atoms with Gasteiger partial charge in [0.05, 0.1) is 12.7 Å². The summed E-state index contributed by atoms with van der Waals surface area (Å²) in [5.41, 5.74) is 1.10. The van der Waals surface area contributed by atoms with Crippen molar-refractivity contribution in [2.45, 2.75) is 9.96 Å². The number of thiocarbonyl (C=S) groups is 1. The highest BCUT2D eigenvalue weighted by atomic mass is 79.9. The summed E-state index contributed by atoms with van der Waals surface area (Å²) in [5, 5.41) is 8.54. The van der Waals surface area contributed by atoms with Crippen molar-refractivity contribution in [1.82, 2.24) is 10.6 Å². The summed E-state index contributed by atoms with van der Waals surface area (Å²) < 4.78 is 3.87. The van der Waals surface area contributed by atoms with E-state index in [1.807, 2.05) is 0 Å². The molecule has 1 atom stereocenters. The fourth-order valence-electron chi connectivity index (χ4n) is 2.03. The number of ether oxygens (including phenoxy) is 1. The van der Waals surface area contributed by atoms with Crippen molar-refractivity contribution in [2.75, 3.05) is 12.4 Å². The first-order valence-corrected chi connectivity index (χ1v) is 9.88. The van der Waals surface area contributed by atoms with Gasteiger partial charge in [-0.15, -0.1) is 0 Å². The van der Waals surface area contributed by atoms with E-state index in [2.05, 4.69) is 31.9 Å². The molecule has 0 saturated carbocycles. The minimum Gasteiger partial charge on any atom is -0.497 e. The van der Waals surface area contributed by atoms with Crippen LogP contribution in [-0.2, 0) is 0 Å². The van der Waals surface area contributed by atoms with E-state index in [0.29, 0.717) is 21.5 Å². The van der Waals surface area contributed by atoms with Gasteiger partial charge in [0.25, 0.3) is 5.91 Å². The van der Waals surface area contributed by atoms with Gasteiger partial charge in [-0.05, 0) is 64.5 Å². The number of nitrogens with one attached hydrogen (secondary N) is 3. The van der Waals surface area contributed by atoms with Gasteiger partial charge in [-0.1, -0.05) is 46.9 Å². The number of alkyl halides is 3. The first kappa shape index (κ1) is 22.0. The average molecular weight is 512 g/mol. The van der Waals surface area contributed by atoms with Gasteiger partial charge < -0.3 is 20.7 Å². The van der Waals surface area contributed by atoms with E-state index >= 15 is 0 Å². The highest BCUT2D eigenvalue weighted by Crippen LogP contribution is 2.29. The molecule has 0 aromatic heterocycles. The second kappa shape index (κ2) is 9.80. The maximum absolute atomic E-state index is 12.5. The van der Waals surface area contributed by atoms with E-state index in [-0.39, 0.29) is 5.11 Å². The Balaban J connectivity index is 2.06. The lowest BCUT2D eigenvalue weighted by Gasteiger charge is -2.28. The maximum Gasteiger partial charge on any atom is 0.254 e. The first-order chi connectivity index (χ1) is 12.7. The molecule has 0 radical (unpaired) electrons. The van der Waals surface area contributed by atoms with Crippen LogP contribution >= 0.6 is 63.0 Å². The fourth-order valence-corrected chi connectivity index (χ4v) is 3.05. The molecular weight excluding hydrogens is 497 g/mol. The van der Waals surface area contributed by atoms with Gasteiger partial charge in [-0.25, -0.2) is 0 Å². The van der Waals surface area contributed by atoms with Gasteiger partial charge in [-0.2, -0.15) is 0 Å². The molecule has 0 aliphatic carbocycles. The van der Waals surface area contributed by atoms with Crippen LogP contribution in [0.3, 0.4) is 0 Å². The molecule has 0 aliphatic rings. The smallest absolute Gasteiger partial charge is 0.254 e. The standard InChI is InChI=1S/C17H15BrCl3N3O2S/c1-26-11-8-6-10(7-9-11)22-16(27)24-15(17(19,20)21)23-14(25)12-4-2-3-5-13(12)18/h2-9,15H,1H3,(H,23,25)(H2,22,24,27). The Kier molecular flexibility index (Phi) is 8.00. The third-order valence-corrected chi connectivity index (χ3v) is 4.91. The molecule has 0 heterocycles. The van der Waals surface area contributed by atoms with E-state index in [1.54, 1.807) is 55.6 Å². The molecule has 27 heavy (non-hydrogen) atoms. The number of amides is 1. The van der Waals surface area contributed by atoms with Crippen LogP contribution in [0.2, 0.25) is 0 Å². The van der Waals surface area contributed by atoms with Crippen molar-refractivity contribution >= 4 is 79.7 Å². The highest BCUT2D eigenvalue weighted by molar-refractivity contribution is 9.10. The number of methoxy groups -OCH3 is 1. The minimum atomic E-state index is -1.84. The van der Waals surface area contributed by atoms with Crippen molar-refractivity contribution in [3.63, 3.8) is 0 Å². The first-order valence-electron chi connectivity index (χ1n) is 7.54. The second-order valence-electron chi connectivity index (χ2n) is 5.25. The van der Waals surface area contributed by atoms with Gasteiger partial charge in [0.1, 0.15) is 11.9 Å². The molecule has 3 N–H and O–H groups in total. The normalized spacial score (nSPS) is 12.0. The predicted molar refractivity (Wildman–Crippen MR) is 118 cm³/mol. The van der Waals surface area contributed by atoms with E-state index in [4.69, 9.17) is 51.8 Å². The monoisotopic (exact) mass is 509 g/mol. The Bertz CT molecular complexity index is 816. The van der Waals surface area contributed by atoms with Crippen LogP contribution in [0.4, 0.5) is 5.69 Å². The summed E-state index contributed by atoms with van der Waals surface area (Å²) in [4.78, 5) is 12.5. The summed E-state index contributed by atoms with van der Waals surface area (Å²) in [6.45, 7) is 0. The van der Waals surface area contributed by atoms with E-state index in [0.717, 1.165) is 0 Å². The van der Waals surface area contributed by atoms with Gasteiger partial charge in [0, 0.05) is 10.2 Å². The quantitative estimate of drug-likeness (QED) is 0.304. The molecule has 5 nitrogen and oxygen atoms in total. The van der Waals surface area contributed by atoms with Gasteiger partial charge in [0.2, 0.25) is 3.79 Å². The molecule has 1 amide bonds. The van der Waals surface area contributed by atoms with E-state index in [1.165, 1.54) is 0 Å². The molecule has 0 spiro atoms. The van der Waals surface area contributed by atoms with Crippen molar-refractivity contribution in [2.24, 2.45) is 0 Å². The van der Waals surface area contributed by atoms with Crippen molar-refractivity contribution in [3.8, 4) is 5.75 Å². The third kappa shape index (κ3) is 6.69. The second-order valence-corrected chi connectivity index (χ2v) is 8.89. The van der Waals surface area contributed by atoms with Crippen LogP contribution < -0.4 is 20.7 Å². The Morgan fingerprint density at radius 1 is 1.11 bits per heavy atom. The molecule has 0 bridgehead atoms. The summed E-state index contributed by atoms with van der Waals surface area (Å²) in [6, 6.07) is 14.0. The van der Waals surface area contributed by atoms with Crippen LogP contribution in [0.5, 0.6) is 5.75 Å².